The van der Waals surface area contributed by atoms with Crippen molar-refractivity contribution in [1.29, 1.82) is 5.26 Å². The highest BCUT2D eigenvalue weighted by atomic mass is 16.5. The van der Waals surface area contributed by atoms with E-state index in [1.54, 1.807) is 31.7 Å². The van der Waals surface area contributed by atoms with Gasteiger partial charge >= 0.3 is 11.9 Å². The molecule has 0 N–H and O–H groups in total. The average molecular weight is 344 g/mol. The molecule has 134 valence electrons. The molecular formula is C19H24N2O4. The lowest BCUT2D eigenvalue weighted by molar-refractivity contribution is -0.147. The van der Waals surface area contributed by atoms with Crippen LogP contribution in [-0.2, 0) is 19.1 Å². The average Bonchev–Trinajstić information content (AvgIpc) is 2.62. The highest BCUT2D eigenvalue weighted by Gasteiger charge is 2.24. The third-order valence-corrected chi connectivity index (χ3v) is 3.56. The van der Waals surface area contributed by atoms with Crippen LogP contribution in [0.5, 0.6) is 0 Å². The Hall–Kier alpha value is -2.81. The minimum absolute atomic E-state index is 0.100. The van der Waals surface area contributed by atoms with Crippen LogP contribution in [-0.4, -0.2) is 36.1 Å². The van der Waals surface area contributed by atoms with Crippen molar-refractivity contribution >= 4 is 11.9 Å². The highest BCUT2D eigenvalue weighted by Crippen LogP contribution is 2.22. The highest BCUT2D eigenvalue weighted by molar-refractivity contribution is 5.93. The van der Waals surface area contributed by atoms with Crippen molar-refractivity contribution in [3.8, 4) is 6.07 Å². The second-order valence-electron chi connectivity index (χ2n) is 5.23. The Morgan fingerprint density at radius 3 is 2.48 bits per heavy atom. The van der Waals surface area contributed by atoms with Gasteiger partial charge in [-0.1, -0.05) is 13.0 Å². The molecule has 0 saturated heterocycles. The van der Waals surface area contributed by atoms with Gasteiger partial charge in [0, 0.05) is 11.9 Å². The van der Waals surface area contributed by atoms with E-state index in [0.717, 1.165) is 12.0 Å². The monoisotopic (exact) mass is 344 g/mol. The van der Waals surface area contributed by atoms with Crippen molar-refractivity contribution in [2.75, 3.05) is 13.2 Å². The fraction of sp³-hybridized carbons (Fsp3) is 0.421. The summed E-state index contributed by atoms with van der Waals surface area (Å²) in [6.45, 7) is 7.70. The zero-order valence-electron chi connectivity index (χ0n) is 15.1. The molecule has 1 rings (SSSR count). The van der Waals surface area contributed by atoms with Crippen molar-refractivity contribution in [1.82, 2.24) is 4.90 Å². The van der Waals surface area contributed by atoms with E-state index < -0.39 is 12.0 Å². The molecule has 0 aromatic carbocycles. The molecule has 25 heavy (non-hydrogen) atoms. The summed E-state index contributed by atoms with van der Waals surface area (Å²) in [5, 5.41) is 9.10. The summed E-state index contributed by atoms with van der Waals surface area (Å²) in [6, 6.07) is 1.30. The van der Waals surface area contributed by atoms with Gasteiger partial charge in [-0.05, 0) is 51.0 Å². The molecule has 1 unspecified atom stereocenters. The molecular weight excluding hydrogens is 320 g/mol. The molecule has 0 bridgehead atoms. The van der Waals surface area contributed by atoms with Gasteiger partial charge in [-0.25, -0.2) is 9.59 Å². The van der Waals surface area contributed by atoms with E-state index in [4.69, 9.17) is 14.7 Å². The number of rotatable bonds is 7. The molecule has 0 saturated carbocycles. The Kier molecular flexibility index (Phi) is 8.21. The Morgan fingerprint density at radius 2 is 1.92 bits per heavy atom. The van der Waals surface area contributed by atoms with Crippen molar-refractivity contribution in [3.05, 3.63) is 47.3 Å². The number of hydrogen-bond acceptors (Lipinski definition) is 6. The summed E-state index contributed by atoms with van der Waals surface area (Å²) < 4.78 is 9.93. The normalized spacial score (nSPS) is 16.9. The van der Waals surface area contributed by atoms with Gasteiger partial charge in [0.2, 0.25) is 0 Å². The predicted molar refractivity (Wildman–Crippen MR) is 93.9 cm³/mol. The van der Waals surface area contributed by atoms with Gasteiger partial charge in [0.05, 0.1) is 13.2 Å². The summed E-state index contributed by atoms with van der Waals surface area (Å²) in [5.74, 6) is -1.01. The molecule has 1 aliphatic heterocycles. The summed E-state index contributed by atoms with van der Waals surface area (Å²) in [7, 11) is 0. The fourth-order valence-electron chi connectivity index (χ4n) is 2.17. The lowest BCUT2D eigenvalue weighted by atomic mass is 10.1. The first-order chi connectivity index (χ1) is 12.0. The first-order valence-corrected chi connectivity index (χ1v) is 8.31. The van der Waals surface area contributed by atoms with E-state index in [2.05, 4.69) is 0 Å². The van der Waals surface area contributed by atoms with E-state index >= 15 is 0 Å². The van der Waals surface area contributed by atoms with Crippen LogP contribution in [0.1, 0.15) is 34.1 Å². The third-order valence-electron chi connectivity index (χ3n) is 3.56. The predicted octanol–water partition coefficient (Wildman–Crippen LogP) is 3.00. The Balaban J connectivity index is 3.15. The van der Waals surface area contributed by atoms with Crippen molar-refractivity contribution in [2.24, 2.45) is 0 Å². The van der Waals surface area contributed by atoms with Crippen LogP contribution in [0.15, 0.2) is 47.3 Å². The van der Waals surface area contributed by atoms with Gasteiger partial charge in [0.25, 0.3) is 0 Å². The second kappa shape index (κ2) is 10.1. The maximum absolute atomic E-state index is 12.1. The second-order valence-corrected chi connectivity index (χ2v) is 5.23. The van der Waals surface area contributed by atoms with E-state index in [9.17, 15) is 9.59 Å². The van der Waals surface area contributed by atoms with Crippen LogP contribution >= 0.6 is 0 Å². The number of nitrogens with zero attached hydrogens (tertiary/aromatic N) is 2. The topological polar surface area (TPSA) is 79.6 Å². The number of esters is 2. The quantitative estimate of drug-likeness (QED) is 0.401. The van der Waals surface area contributed by atoms with Crippen LogP contribution in [0.2, 0.25) is 0 Å². The molecule has 0 radical (unpaired) electrons. The van der Waals surface area contributed by atoms with Gasteiger partial charge in [-0.15, -0.1) is 0 Å². The van der Waals surface area contributed by atoms with E-state index in [0.29, 0.717) is 12.3 Å². The van der Waals surface area contributed by atoms with Gasteiger partial charge in [-0.3, -0.25) is 0 Å². The lowest BCUT2D eigenvalue weighted by Crippen LogP contribution is -2.36. The zero-order chi connectivity index (χ0) is 18.8. The summed E-state index contributed by atoms with van der Waals surface area (Å²) in [6.07, 6.45) is 9.48. The summed E-state index contributed by atoms with van der Waals surface area (Å²) in [4.78, 5) is 25.5. The van der Waals surface area contributed by atoms with Crippen LogP contribution in [0, 0.1) is 11.3 Å². The molecule has 6 heteroatoms. The first-order valence-electron chi connectivity index (χ1n) is 8.31. The first kappa shape index (κ1) is 20.2. The summed E-state index contributed by atoms with van der Waals surface area (Å²) in [5.41, 5.74) is 1.63. The van der Waals surface area contributed by atoms with Crippen LogP contribution in [0.4, 0.5) is 0 Å². The third kappa shape index (κ3) is 5.64. The maximum atomic E-state index is 12.1. The number of allylic oxidation sites excluding steroid dienone is 5. The minimum Gasteiger partial charge on any atom is -0.464 e. The largest absolute Gasteiger partial charge is 0.464 e. The SMILES string of the molecule is CCOC(=O)/C(C#N)=C/C=C1\C=CC(CC)=CN1C(C)C(=O)OCC. The molecule has 1 atom stereocenters. The van der Waals surface area contributed by atoms with Crippen molar-refractivity contribution < 1.29 is 19.1 Å². The molecule has 0 aromatic heterocycles. The maximum Gasteiger partial charge on any atom is 0.348 e. The Labute approximate surface area is 148 Å². The minimum atomic E-state index is -0.670. The Bertz CT molecular complexity index is 665. The van der Waals surface area contributed by atoms with Gasteiger partial charge in [-0.2, -0.15) is 5.26 Å². The van der Waals surface area contributed by atoms with Crippen molar-refractivity contribution in [2.45, 2.75) is 40.2 Å². The van der Waals surface area contributed by atoms with Crippen LogP contribution < -0.4 is 0 Å². The van der Waals surface area contributed by atoms with Gasteiger partial charge < -0.3 is 14.4 Å². The number of ether oxygens (including phenoxy) is 2. The lowest BCUT2D eigenvalue weighted by Gasteiger charge is -2.30. The van der Waals surface area contributed by atoms with Crippen molar-refractivity contribution in [3.63, 3.8) is 0 Å². The van der Waals surface area contributed by atoms with Gasteiger partial charge in [0.1, 0.15) is 17.7 Å². The smallest absolute Gasteiger partial charge is 0.348 e. The van der Waals surface area contributed by atoms with Gasteiger partial charge in [0.15, 0.2) is 0 Å². The Morgan fingerprint density at radius 1 is 1.24 bits per heavy atom. The molecule has 0 amide bonds. The number of carbonyl (C=O) groups excluding carboxylic acids is 2. The number of hydrogen-bond donors (Lipinski definition) is 0. The zero-order valence-corrected chi connectivity index (χ0v) is 15.1. The molecule has 0 fully saturated rings. The van der Waals surface area contributed by atoms with Crippen LogP contribution in [0.3, 0.4) is 0 Å². The number of nitriles is 1. The van der Waals surface area contributed by atoms with E-state index in [1.165, 1.54) is 6.08 Å². The molecule has 0 spiro atoms. The molecule has 6 nitrogen and oxygen atoms in total. The number of carbonyl (C=O) groups is 2. The molecule has 1 heterocycles. The standard InChI is InChI=1S/C19H24N2O4/c1-5-15-8-10-17(11-9-16(12-20)19(23)25-7-3)21(13-15)14(4)18(22)24-6-2/h8-11,13-14H,5-7H2,1-4H3/b16-9+,17-11+. The molecule has 0 aromatic rings. The van der Waals surface area contributed by atoms with E-state index in [1.807, 2.05) is 31.3 Å². The molecule has 1 aliphatic rings. The molecule has 0 aliphatic carbocycles. The fourth-order valence-corrected chi connectivity index (χ4v) is 2.17. The summed E-state index contributed by atoms with van der Waals surface area (Å²) >= 11 is 0. The van der Waals surface area contributed by atoms with Crippen LogP contribution in [0.25, 0.3) is 0 Å². The van der Waals surface area contributed by atoms with E-state index in [-0.39, 0.29) is 18.1 Å².